The second-order valence-electron chi connectivity index (χ2n) is 6.35. The van der Waals surface area contributed by atoms with Gasteiger partial charge in [-0.2, -0.15) is 0 Å². The molecule has 0 radical (unpaired) electrons. The predicted octanol–water partition coefficient (Wildman–Crippen LogP) is 4.75. The monoisotopic (exact) mass is 626 g/mol. The van der Waals surface area contributed by atoms with Crippen molar-refractivity contribution in [2.24, 2.45) is 0 Å². The number of hydrogen-bond donors (Lipinski definition) is 1. The maximum absolute atomic E-state index is 12.8. The summed E-state index contributed by atoms with van der Waals surface area (Å²) in [6.45, 7) is -0.287. The molecule has 0 spiro atoms. The van der Waals surface area contributed by atoms with Crippen molar-refractivity contribution in [3.05, 3.63) is 54.9 Å². The number of hydrogen-bond acceptors (Lipinski definition) is 6. The first-order valence-electron chi connectivity index (χ1n) is 9.07. The van der Waals surface area contributed by atoms with Gasteiger partial charge in [0.1, 0.15) is 13.2 Å². The largest absolute Gasteiger partial charge is 0.493 e. The Bertz CT molecular complexity index is 1140. The molecular formula is C22H16BrIN2O5S. The number of carbonyl (C=O) groups is 3. The van der Waals surface area contributed by atoms with Crippen LogP contribution in [-0.2, 0) is 9.59 Å². The van der Waals surface area contributed by atoms with Crippen molar-refractivity contribution in [2.75, 3.05) is 25.6 Å². The van der Waals surface area contributed by atoms with Crippen molar-refractivity contribution in [3.63, 3.8) is 0 Å². The smallest absolute Gasteiger partial charge is 0.294 e. The van der Waals surface area contributed by atoms with E-state index in [2.05, 4.69) is 49.8 Å². The number of benzene rings is 2. The highest BCUT2D eigenvalue weighted by molar-refractivity contribution is 14.1. The number of rotatable bonds is 7. The van der Waals surface area contributed by atoms with Crippen LogP contribution in [0, 0.1) is 15.9 Å². The molecule has 1 heterocycles. The molecule has 0 saturated carbocycles. The van der Waals surface area contributed by atoms with Gasteiger partial charge in [0.2, 0.25) is 5.91 Å². The number of ether oxygens (including phenoxy) is 2. The van der Waals surface area contributed by atoms with Crippen LogP contribution in [0.15, 0.2) is 45.8 Å². The number of thioether (sulfide) groups is 1. The van der Waals surface area contributed by atoms with Crippen molar-refractivity contribution in [2.45, 2.75) is 0 Å². The maximum Gasteiger partial charge on any atom is 0.294 e. The Labute approximate surface area is 211 Å². The van der Waals surface area contributed by atoms with Gasteiger partial charge in [-0.1, -0.05) is 21.9 Å². The number of terminal acetylenes is 1. The summed E-state index contributed by atoms with van der Waals surface area (Å²) in [6.07, 6.45) is 6.82. The SMILES string of the molecule is C#CCOc1c(I)cc(/C=C2/SC(=O)N(CC(=O)Nc3ccc(Br)cc3)C2=O)cc1OC. The molecule has 32 heavy (non-hydrogen) atoms. The summed E-state index contributed by atoms with van der Waals surface area (Å²) in [4.78, 5) is 38.5. The van der Waals surface area contributed by atoms with Crippen LogP contribution in [0.2, 0.25) is 0 Å². The molecule has 1 aliphatic rings. The molecule has 0 aliphatic carbocycles. The number of amides is 3. The van der Waals surface area contributed by atoms with Gasteiger partial charge in [-0.3, -0.25) is 19.3 Å². The average molecular weight is 627 g/mol. The second kappa shape index (κ2) is 10.9. The Kier molecular flexibility index (Phi) is 8.22. The molecule has 164 valence electrons. The highest BCUT2D eigenvalue weighted by atomic mass is 127. The summed E-state index contributed by atoms with van der Waals surface area (Å²) in [6, 6.07) is 10.4. The predicted molar refractivity (Wildman–Crippen MR) is 135 cm³/mol. The molecule has 1 N–H and O–H groups in total. The quantitative estimate of drug-likeness (QED) is 0.271. The zero-order valence-corrected chi connectivity index (χ0v) is 21.2. The van der Waals surface area contributed by atoms with E-state index in [1.54, 1.807) is 42.5 Å². The van der Waals surface area contributed by atoms with Gasteiger partial charge in [0.25, 0.3) is 11.1 Å². The highest BCUT2D eigenvalue weighted by Crippen LogP contribution is 2.37. The molecular weight excluding hydrogens is 611 g/mol. The molecule has 0 unspecified atom stereocenters. The van der Waals surface area contributed by atoms with Crippen molar-refractivity contribution in [1.29, 1.82) is 0 Å². The Morgan fingerprint density at radius 2 is 2.03 bits per heavy atom. The number of methoxy groups -OCH3 is 1. The molecule has 2 aromatic carbocycles. The molecule has 2 aromatic rings. The van der Waals surface area contributed by atoms with Crippen LogP contribution in [0.3, 0.4) is 0 Å². The van der Waals surface area contributed by atoms with E-state index in [-0.39, 0.29) is 18.1 Å². The Morgan fingerprint density at radius 3 is 2.69 bits per heavy atom. The minimum absolute atomic E-state index is 0.0902. The first-order chi connectivity index (χ1) is 15.3. The standard InChI is InChI=1S/C22H16BrIN2O5S/c1-3-8-31-20-16(24)9-13(10-17(20)30-2)11-18-21(28)26(22(29)32-18)12-19(27)25-15-6-4-14(23)5-7-15/h1,4-7,9-11H,8,12H2,2H3,(H,25,27)/b18-11+. The van der Waals surface area contributed by atoms with Crippen LogP contribution in [0.1, 0.15) is 5.56 Å². The number of imide groups is 1. The summed E-state index contributed by atoms with van der Waals surface area (Å²) in [5.74, 6) is 2.34. The Morgan fingerprint density at radius 1 is 1.31 bits per heavy atom. The van der Waals surface area contributed by atoms with Gasteiger partial charge in [-0.15, -0.1) is 6.42 Å². The van der Waals surface area contributed by atoms with Crippen molar-refractivity contribution in [1.82, 2.24) is 4.90 Å². The van der Waals surface area contributed by atoms with E-state index in [4.69, 9.17) is 15.9 Å². The number of nitrogens with zero attached hydrogens (tertiary/aromatic N) is 1. The third-order valence-electron chi connectivity index (χ3n) is 4.15. The Balaban J connectivity index is 1.75. The zero-order chi connectivity index (χ0) is 23.3. The molecule has 7 nitrogen and oxygen atoms in total. The molecule has 1 aliphatic heterocycles. The fourth-order valence-electron chi connectivity index (χ4n) is 2.74. The van der Waals surface area contributed by atoms with Crippen LogP contribution in [0.25, 0.3) is 6.08 Å². The summed E-state index contributed by atoms with van der Waals surface area (Å²) >= 11 is 6.17. The lowest BCUT2D eigenvalue weighted by molar-refractivity contribution is -0.127. The lowest BCUT2D eigenvalue weighted by Gasteiger charge is -2.13. The fraction of sp³-hybridized carbons (Fsp3) is 0.136. The normalized spacial score (nSPS) is 14.4. The summed E-state index contributed by atoms with van der Waals surface area (Å²) in [7, 11) is 1.50. The van der Waals surface area contributed by atoms with E-state index in [1.165, 1.54) is 7.11 Å². The number of halogens is 2. The van der Waals surface area contributed by atoms with E-state index >= 15 is 0 Å². The lowest BCUT2D eigenvalue weighted by atomic mass is 10.2. The minimum atomic E-state index is -0.535. The van der Waals surface area contributed by atoms with Gasteiger partial charge >= 0.3 is 0 Å². The third-order valence-corrected chi connectivity index (χ3v) is 6.39. The van der Waals surface area contributed by atoms with E-state index in [0.29, 0.717) is 22.7 Å². The topological polar surface area (TPSA) is 84.9 Å². The van der Waals surface area contributed by atoms with E-state index in [9.17, 15) is 14.4 Å². The minimum Gasteiger partial charge on any atom is -0.493 e. The molecule has 1 fully saturated rings. The fourth-order valence-corrected chi connectivity index (χ4v) is 4.63. The van der Waals surface area contributed by atoms with Crippen molar-refractivity contribution in [3.8, 4) is 23.8 Å². The molecule has 0 aromatic heterocycles. The van der Waals surface area contributed by atoms with E-state index in [1.807, 2.05) is 0 Å². The van der Waals surface area contributed by atoms with Gasteiger partial charge in [0.15, 0.2) is 11.5 Å². The van der Waals surface area contributed by atoms with Crippen molar-refractivity contribution >= 4 is 79.1 Å². The summed E-state index contributed by atoms with van der Waals surface area (Å²) in [5, 5.41) is 2.16. The van der Waals surface area contributed by atoms with Gasteiger partial charge < -0.3 is 14.8 Å². The van der Waals surface area contributed by atoms with Crippen LogP contribution < -0.4 is 14.8 Å². The van der Waals surface area contributed by atoms with Gasteiger partial charge in [-0.25, -0.2) is 0 Å². The second-order valence-corrected chi connectivity index (χ2v) is 9.42. The number of carbonyl (C=O) groups excluding carboxylic acids is 3. The first kappa shape index (κ1) is 24.2. The highest BCUT2D eigenvalue weighted by Gasteiger charge is 2.36. The van der Waals surface area contributed by atoms with Crippen LogP contribution in [0.4, 0.5) is 10.5 Å². The van der Waals surface area contributed by atoms with Crippen molar-refractivity contribution < 1.29 is 23.9 Å². The lowest BCUT2D eigenvalue weighted by Crippen LogP contribution is -2.36. The molecule has 3 amide bonds. The molecule has 10 heteroatoms. The van der Waals surface area contributed by atoms with Gasteiger partial charge in [0.05, 0.1) is 15.6 Å². The molecule has 3 rings (SSSR count). The van der Waals surface area contributed by atoms with Crippen LogP contribution >= 0.6 is 50.3 Å². The molecule has 0 bridgehead atoms. The number of nitrogens with one attached hydrogen (secondary N) is 1. The number of anilines is 1. The first-order valence-corrected chi connectivity index (χ1v) is 11.8. The Hall–Kier alpha value is -2.49. The third kappa shape index (κ3) is 5.85. The van der Waals surface area contributed by atoms with E-state index in [0.717, 1.165) is 24.7 Å². The maximum atomic E-state index is 12.8. The zero-order valence-electron chi connectivity index (χ0n) is 16.7. The van der Waals surface area contributed by atoms with Gasteiger partial charge in [-0.05, 0) is 82.4 Å². The molecule has 1 saturated heterocycles. The summed E-state index contributed by atoms with van der Waals surface area (Å²) in [5.41, 5.74) is 1.21. The average Bonchev–Trinajstić information content (AvgIpc) is 3.01. The van der Waals surface area contributed by atoms with Crippen LogP contribution in [0.5, 0.6) is 11.5 Å². The van der Waals surface area contributed by atoms with Gasteiger partial charge in [0, 0.05) is 10.2 Å². The summed E-state index contributed by atoms with van der Waals surface area (Å²) < 4.78 is 12.5. The molecule has 0 atom stereocenters. The van der Waals surface area contributed by atoms with Crippen LogP contribution in [-0.4, -0.2) is 42.2 Å². The van der Waals surface area contributed by atoms with E-state index < -0.39 is 17.1 Å².